The van der Waals surface area contributed by atoms with Gasteiger partial charge in [-0.1, -0.05) is 13.3 Å². The van der Waals surface area contributed by atoms with Gasteiger partial charge in [-0.05, 0) is 31.6 Å². The first kappa shape index (κ1) is 14.0. The van der Waals surface area contributed by atoms with Crippen molar-refractivity contribution in [1.29, 1.82) is 5.26 Å². The normalized spacial score (nSPS) is 29.6. The monoisotopic (exact) mass is 237 g/mol. The van der Waals surface area contributed by atoms with Crippen molar-refractivity contribution in [3.05, 3.63) is 13.3 Å². The van der Waals surface area contributed by atoms with Crippen LogP contribution in [0.4, 0.5) is 0 Å². The predicted molar refractivity (Wildman–Crippen MR) is 62.4 cm³/mol. The summed E-state index contributed by atoms with van der Waals surface area (Å²) in [6.45, 7) is 5.98. The highest BCUT2D eigenvalue weighted by Gasteiger charge is 2.40. The molecule has 4 nitrogen and oxygen atoms in total. The van der Waals surface area contributed by atoms with E-state index in [-0.39, 0.29) is 17.8 Å². The van der Waals surface area contributed by atoms with Crippen LogP contribution < -0.4 is 0 Å². The maximum atomic E-state index is 11.9. The zero-order valence-electron chi connectivity index (χ0n) is 10.4. The first-order valence-electron chi connectivity index (χ1n) is 5.85. The Balaban J connectivity index is 2.63. The summed E-state index contributed by atoms with van der Waals surface area (Å²) in [5.74, 6) is -0.102. The maximum absolute atomic E-state index is 11.9. The van der Waals surface area contributed by atoms with Crippen LogP contribution in [0.1, 0.15) is 19.8 Å². The second-order valence-corrected chi connectivity index (χ2v) is 4.37. The minimum Gasteiger partial charge on any atom is -0.447 e. The summed E-state index contributed by atoms with van der Waals surface area (Å²) in [5.41, 5.74) is 0. The molecular weight excluding hydrogens is 218 g/mol. The van der Waals surface area contributed by atoms with E-state index in [1.165, 1.54) is 0 Å². The number of nitriles is 1. The van der Waals surface area contributed by atoms with Crippen molar-refractivity contribution in [1.82, 2.24) is 0 Å². The van der Waals surface area contributed by atoms with E-state index in [1.54, 1.807) is 14.0 Å². The largest absolute Gasteiger partial charge is 0.447 e. The molecule has 1 fully saturated rings. The molecule has 4 atom stereocenters. The van der Waals surface area contributed by atoms with E-state index in [9.17, 15) is 4.79 Å². The Morgan fingerprint density at radius 2 is 2.41 bits per heavy atom. The van der Waals surface area contributed by atoms with E-state index in [4.69, 9.17) is 14.7 Å². The van der Waals surface area contributed by atoms with Gasteiger partial charge in [0.15, 0.2) is 6.10 Å². The zero-order chi connectivity index (χ0) is 12.8. The number of ether oxygens (including phenoxy) is 2. The Kier molecular flexibility index (Phi) is 5.43. The second-order valence-electron chi connectivity index (χ2n) is 4.37. The van der Waals surface area contributed by atoms with Crippen LogP contribution in [-0.2, 0) is 14.3 Å². The van der Waals surface area contributed by atoms with Crippen molar-refractivity contribution in [3.63, 3.8) is 0 Å². The van der Waals surface area contributed by atoms with E-state index < -0.39 is 6.10 Å². The van der Waals surface area contributed by atoms with Crippen LogP contribution >= 0.6 is 0 Å². The van der Waals surface area contributed by atoms with Crippen LogP contribution in [-0.4, -0.2) is 25.8 Å². The van der Waals surface area contributed by atoms with Gasteiger partial charge in [0.25, 0.3) is 0 Å². The van der Waals surface area contributed by atoms with Crippen molar-refractivity contribution in [2.45, 2.75) is 25.9 Å². The highest BCUT2D eigenvalue weighted by molar-refractivity contribution is 5.75. The third-order valence-corrected chi connectivity index (χ3v) is 3.24. The summed E-state index contributed by atoms with van der Waals surface area (Å²) < 4.78 is 10.2. The number of carbonyl (C=O) groups excluding carboxylic acids is 1. The van der Waals surface area contributed by atoms with Crippen LogP contribution in [0.15, 0.2) is 0 Å². The number of methoxy groups -OCH3 is 1. The molecule has 0 N–H and O–H groups in total. The lowest BCUT2D eigenvalue weighted by molar-refractivity contribution is -0.151. The molecule has 0 bridgehead atoms. The lowest BCUT2D eigenvalue weighted by Gasteiger charge is -2.22. The number of hydrogen-bond donors (Lipinski definition) is 0. The first-order valence-corrected chi connectivity index (χ1v) is 5.85. The first-order chi connectivity index (χ1) is 8.13. The lowest BCUT2D eigenvalue weighted by Crippen LogP contribution is -2.29. The molecule has 2 radical (unpaired) electrons. The predicted octanol–water partition coefficient (Wildman–Crippen LogP) is 1.77. The summed E-state index contributed by atoms with van der Waals surface area (Å²) in [6.07, 6.45) is 2.91. The number of carbonyl (C=O) groups is 1. The molecule has 0 spiro atoms. The van der Waals surface area contributed by atoms with Gasteiger partial charge in [-0.25, -0.2) is 0 Å². The fraction of sp³-hybridized carbons (Fsp3) is 0.692. The highest BCUT2D eigenvalue weighted by Crippen LogP contribution is 2.39. The van der Waals surface area contributed by atoms with Gasteiger partial charge in [0.05, 0.1) is 12.5 Å². The Labute approximate surface area is 103 Å². The minimum absolute atomic E-state index is 0.121. The van der Waals surface area contributed by atoms with Crippen LogP contribution in [0.2, 0.25) is 0 Å². The van der Waals surface area contributed by atoms with Gasteiger partial charge in [0.2, 0.25) is 0 Å². The molecule has 0 aromatic heterocycles. The molecular formula is C13H19NO3. The van der Waals surface area contributed by atoms with Gasteiger partial charge < -0.3 is 9.47 Å². The Bertz CT molecular complexity index is 298. The molecule has 0 aromatic rings. The summed E-state index contributed by atoms with van der Waals surface area (Å²) in [5, 5.41) is 8.62. The van der Waals surface area contributed by atoms with Crippen molar-refractivity contribution < 1.29 is 14.3 Å². The molecule has 4 heteroatoms. The molecule has 1 saturated carbocycles. The van der Waals surface area contributed by atoms with Gasteiger partial charge in [0.1, 0.15) is 6.07 Å². The molecule has 17 heavy (non-hydrogen) atoms. The second kappa shape index (κ2) is 6.61. The molecule has 0 heterocycles. The van der Waals surface area contributed by atoms with Crippen molar-refractivity contribution in [2.24, 2.45) is 17.8 Å². The van der Waals surface area contributed by atoms with Crippen molar-refractivity contribution >= 4 is 5.97 Å². The molecule has 0 saturated heterocycles. The SMILES string of the molecule is [CH2]CC1C[CH]C(C(=O)OC(C)C#N)C1COC. The van der Waals surface area contributed by atoms with Crippen LogP contribution in [0.3, 0.4) is 0 Å². The van der Waals surface area contributed by atoms with Crippen molar-refractivity contribution in [2.75, 3.05) is 13.7 Å². The molecule has 1 aliphatic rings. The molecule has 0 aliphatic heterocycles. The van der Waals surface area contributed by atoms with E-state index in [0.29, 0.717) is 12.5 Å². The fourth-order valence-electron chi connectivity index (χ4n) is 2.28. The lowest BCUT2D eigenvalue weighted by atomic mass is 9.88. The van der Waals surface area contributed by atoms with Gasteiger partial charge in [-0.15, -0.1) is 0 Å². The van der Waals surface area contributed by atoms with E-state index >= 15 is 0 Å². The summed E-state index contributed by atoms with van der Waals surface area (Å²) in [7, 11) is 1.62. The Hall–Kier alpha value is -1.08. The van der Waals surface area contributed by atoms with E-state index in [0.717, 1.165) is 12.8 Å². The van der Waals surface area contributed by atoms with Crippen LogP contribution in [0.5, 0.6) is 0 Å². The number of nitrogens with zero attached hydrogens (tertiary/aromatic N) is 1. The molecule has 1 rings (SSSR count). The number of hydrogen-bond acceptors (Lipinski definition) is 4. The number of rotatable bonds is 5. The fourth-order valence-corrected chi connectivity index (χ4v) is 2.28. The average Bonchev–Trinajstić information content (AvgIpc) is 2.72. The smallest absolute Gasteiger partial charge is 0.310 e. The molecule has 4 unspecified atom stereocenters. The molecule has 1 aliphatic carbocycles. The van der Waals surface area contributed by atoms with Gasteiger partial charge >= 0.3 is 5.97 Å². The van der Waals surface area contributed by atoms with E-state index in [2.05, 4.69) is 6.92 Å². The van der Waals surface area contributed by atoms with E-state index in [1.807, 2.05) is 12.5 Å². The van der Waals surface area contributed by atoms with Gasteiger partial charge in [0, 0.05) is 7.11 Å². The van der Waals surface area contributed by atoms with Gasteiger partial charge in [-0.2, -0.15) is 5.26 Å². The summed E-state index contributed by atoms with van der Waals surface area (Å²) in [6, 6.07) is 1.89. The molecule has 0 aromatic carbocycles. The minimum atomic E-state index is -0.696. The third-order valence-electron chi connectivity index (χ3n) is 3.24. The summed E-state index contributed by atoms with van der Waals surface area (Å²) in [4.78, 5) is 11.9. The van der Waals surface area contributed by atoms with Crippen molar-refractivity contribution in [3.8, 4) is 6.07 Å². The average molecular weight is 237 g/mol. The standard InChI is InChI=1S/C13H19NO3/c1-4-10-5-6-11(12(10)8-16-3)13(15)17-9(2)7-14/h6,9-12H,1,4-5,8H2,2-3H3. The molecule has 94 valence electrons. The Morgan fingerprint density at radius 3 is 2.94 bits per heavy atom. The highest BCUT2D eigenvalue weighted by atomic mass is 16.5. The third kappa shape index (κ3) is 3.44. The summed E-state index contributed by atoms with van der Waals surface area (Å²) >= 11 is 0. The zero-order valence-corrected chi connectivity index (χ0v) is 10.4. The van der Waals surface area contributed by atoms with Crippen LogP contribution in [0, 0.1) is 42.4 Å². The van der Waals surface area contributed by atoms with Crippen LogP contribution in [0.25, 0.3) is 0 Å². The quantitative estimate of drug-likeness (QED) is 0.684. The number of esters is 1. The van der Waals surface area contributed by atoms with Gasteiger partial charge in [-0.3, -0.25) is 4.79 Å². The topological polar surface area (TPSA) is 59.3 Å². The Morgan fingerprint density at radius 1 is 1.71 bits per heavy atom. The molecule has 0 amide bonds. The maximum Gasteiger partial charge on any atom is 0.310 e.